The maximum absolute atomic E-state index is 12.4. The third-order valence-electron chi connectivity index (χ3n) is 3.76. The average molecular weight is 302 g/mol. The molecule has 0 spiro atoms. The number of rotatable bonds is 4. The van der Waals surface area contributed by atoms with Gasteiger partial charge < -0.3 is 0 Å². The number of hydrogen-bond acceptors (Lipinski definition) is 2. The van der Waals surface area contributed by atoms with Crippen molar-refractivity contribution in [3.63, 3.8) is 0 Å². The van der Waals surface area contributed by atoms with Crippen molar-refractivity contribution in [1.29, 1.82) is 0 Å². The molecule has 1 fully saturated rings. The normalized spacial score (nSPS) is 17.8. The molecule has 0 radical (unpaired) electrons. The Hall–Kier alpha value is -0.580. The van der Waals surface area contributed by atoms with Crippen LogP contribution in [0.4, 0.5) is 0 Å². The minimum absolute atomic E-state index is 0.315. The second-order valence-electron chi connectivity index (χ2n) is 5.24. The molecule has 0 amide bonds. The Morgan fingerprint density at radius 1 is 1.16 bits per heavy atom. The van der Waals surface area contributed by atoms with Crippen LogP contribution in [0.25, 0.3) is 0 Å². The van der Waals surface area contributed by atoms with Gasteiger partial charge in [-0.25, -0.2) is 12.7 Å². The van der Waals surface area contributed by atoms with E-state index in [-0.39, 0.29) is 0 Å². The highest BCUT2D eigenvalue weighted by Gasteiger charge is 2.24. The monoisotopic (exact) mass is 301 g/mol. The van der Waals surface area contributed by atoms with E-state index in [2.05, 4.69) is 0 Å². The lowest BCUT2D eigenvalue weighted by Gasteiger charge is -2.26. The van der Waals surface area contributed by atoms with Crippen LogP contribution in [0.2, 0.25) is 5.02 Å². The first-order valence-electron chi connectivity index (χ1n) is 6.72. The summed E-state index contributed by atoms with van der Waals surface area (Å²) >= 11 is 5.79. The zero-order valence-electron chi connectivity index (χ0n) is 11.2. The Labute approximate surface area is 120 Å². The van der Waals surface area contributed by atoms with E-state index in [9.17, 15) is 8.42 Å². The average Bonchev–Trinajstić information content (AvgIpc) is 2.40. The summed E-state index contributed by atoms with van der Waals surface area (Å²) < 4.78 is 26.3. The van der Waals surface area contributed by atoms with E-state index in [0.717, 1.165) is 12.8 Å². The molecule has 1 aromatic carbocycles. The molecular weight excluding hydrogens is 282 g/mol. The van der Waals surface area contributed by atoms with E-state index in [1.807, 2.05) is 0 Å². The molecule has 2 rings (SSSR count). The van der Waals surface area contributed by atoms with E-state index in [4.69, 9.17) is 11.6 Å². The van der Waals surface area contributed by atoms with E-state index < -0.39 is 10.0 Å². The van der Waals surface area contributed by atoms with Crippen molar-refractivity contribution < 1.29 is 8.42 Å². The molecule has 1 aromatic rings. The summed E-state index contributed by atoms with van der Waals surface area (Å²) in [5.74, 6) is 0.501. The molecule has 0 aromatic heterocycles. The zero-order chi connectivity index (χ0) is 13.9. The van der Waals surface area contributed by atoms with Crippen LogP contribution in [0, 0.1) is 5.92 Å². The highest BCUT2D eigenvalue weighted by Crippen LogP contribution is 2.26. The zero-order valence-corrected chi connectivity index (χ0v) is 12.8. The lowest BCUT2D eigenvalue weighted by molar-refractivity contribution is 0.300. The van der Waals surface area contributed by atoms with Gasteiger partial charge in [0.15, 0.2) is 0 Å². The summed E-state index contributed by atoms with van der Waals surface area (Å²) in [5, 5.41) is 0.550. The van der Waals surface area contributed by atoms with Crippen LogP contribution >= 0.6 is 11.6 Å². The molecule has 19 heavy (non-hydrogen) atoms. The Kier molecular flexibility index (Phi) is 4.87. The van der Waals surface area contributed by atoms with Gasteiger partial charge in [0.2, 0.25) is 10.0 Å². The van der Waals surface area contributed by atoms with Crippen molar-refractivity contribution in [2.75, 3.05) is 13.6 Å². The van der Waals surface area contributed by atoms with Crippen LogP contribution in [-0.2, 0) is 10.0 Å². The molecular formula is C14H20ClNO2S. The largest absolute Gasteiger partial charge is 0.242 e. The summed E-state index contributed by atoms with van der Waals surface area (Å²) in [6.45, 7) is 0.616. The van der Waals surface area contributed by atoms with Crippen LogP contribution in [0.15, 0.2) is 29.2 Å². The molecule has 1 aliphatic rings. The maximum Gasteiger partial charge on any atom is 0.242 e. The first-order chi connectivity index (χ1) is 9.00. The first-order valence-corrected chi connectivity index (χ1v) is 8.54. The molecule has 3 nitrogen and oxygen atoms in total. The highest BCUT2D eigenvalue weighted by atomic mass is 35.5. The third-order valence-corrected chi connectivity index (χ3v) is 5.85. The fraction of sp³-hybridized carbons (Fsp3) is 0.571. The Morgan fingerprint density at radius 3 is 2.32 bits per heavy atom. The number of benzene rings is 1. The molecule has 1 aliphatic carbocycles. The highest BCUT2D eigenvalue weighted by molar-refractivity contribution is 7.89. The smallest absolute Gasteiger partial charge is 0.207 e. The van der Waals surface area contributed by atoms with E-state index in [0.29, 0.717) is 22.4 Å². The molecule has 1 saturated carbocycles. The summed E-state index contributed by atoms with van der Waals surface area (Å²) in [6, 6.07) is 6.36. The van der Waals surface area contributed by atoms with Crippen LogP contribution in [0.3, 0.4) is 0 Å². The van der Waals surface area contributed by atoms with Crippen molar-refractivity contribution >= 4 is 21.6 Å². The fourth-order valence-corrected chi connectivity index (χ4v) is 3.99. The van der Waals surface area contributed by atoms with Gasteiger partial charge in [-0.15, -0.1) is 0 Å². The van der Waals surface area contributed by atoms with Gasteiger partial charge in [0.25, 0.3) is 0 Å². The summed E-state index contributed by atoms with van der Waals surface area (Å²) in [4.78, 5) is 0.315. The number of sulfonamides is 1. The molecule has 0 N–H and O–H groups in total. The minimum Gasteiger partial charge on any atom is -0.207 e. The molecule has 5 heteroatoms. The van der Waals surface area contributed by atoms with Crippen molar-refractivity contribution in [3.8, 4) is 0 Å². The minimum atomic E-state index is -3.38. The molecule has 106 valence electrons. The molecule has 0 atom stereocenters. The topological polar surface area (TPSA) is 37.4 Å². The Bertz CT molecular complexity index is 507. The van der Waals surface area contributed by atoms with Crippen LogP contribution in [-0.4, -0.2) is 26.3 Å². The maximum atomic E-state index is 12.4. The van der Waals surface area contributed by atoms with Crippen molar-refractivity contribution in [3.05, 3.63) is 29.3 Å². The quantitative estimate of drug-likeness (QED) is 0.853. The lowest BCUT2D eigenvalue weighted by Crippen LogP contribution is -2.32. The van der Waals surface area contributed by atoms with Crippen molar-refractivity contribution in [2.24, 2.45) is 5.92 Å². The summed E-state index contributed by atoms with van der Waals surface area (Å²) in [7, 11) is -1.72. The first kappa shape index (κ1) is 14.8. The van der Waals surface area contributed by atoms with Crippen LogP contribution < -0.4 is 0 Å². The lowest BCUT2D eigenvalue weighted by atomic mass is 9.89. The molecule has 0 heterocycles. The predicted molar refractivity (Wildman–Crippen MR) is 77.8 cm³/mol. The van der Waals surface area contributed by atoms with Gasteiger partial charge in [-0.3, -0.25) is 0 Å². The standard InChI is InChI=1S/C14H20ClNO2S/c1-16(11-12-5-3-2-4-6-12)19(17,18)14-9-7-13(15)8-10-14/h7-10,12H,2-6,11H2,1H3. The summed E-state index contributed by atoms with van der Waals surface area (Å²) in [6.07, 6.45) is 6.00. The number of hydrogen-bond donors (Lipinski definition) is 0. The summed E-state index contributed by atoms with van der Waals surface area (Å²) in [5.41, 5.74) is 0. The van der Waals surface area contributed by atoms with Crippen LogP contribution in [0.1, 0.15) is 32.1 Å². The molecule has 0 bridgehead atoms. The van der Waals surface area contributed by atoms with Gasteiger partial charge in [-0.2, -0.15) is 0 Å². The number of halogens is 1. The Balaban J connectivity index is 2.07. The van der Waals surface area contributed by atoms with Gasteiger partial charge in [-0.05, 0) is 43.0 Å². The van der Waals surface area contributed by atoms with E-state index >= 15 is 0 Å². The van der Waals surface area contributed by atoms with Gasteiger partial charge in [-0.1, -0.05) is 30.9 Å². The van der Waals surface area contributed by atoms with Crippen molar-refractivity contribution in [2.45, 2.75) is 37.0 Å². The van der Waals surface area contributed by atoms with Gasteiger partial charge in [0, 0.05) is 18.6 Å². The van der Waals surface area contributed by atoms with Gasteiger partial charge >= 0.3 is 0 Å². The van der Waals surface area contributed by atoms with Crippen LogP contribution in [0.5, 0.6) is 0 Å². The Morgan fingerprint density at radius 2 is 1.74 bits per heavy atom. The fourth-order valence-electron chi connectivity index (χ4n) is 2.62. The van der Waals surface area contributed by atoms with E-state index in [1.165, 1.54) is 23.6 Å². The molecule has 0 aliphatic heterocycles. The van der Waals surface area contributed by atoms with Crippen molar-refractivity contribution in [1.82, 2.24) is 4.31 Å². The second kappa shape index (κ2) is 6.25. The third kappa shape index (κ3) is 3.71. The van der Waals surface area contributed by atoms with E-state index in [1.54, 1.807) is 31.3 Å². The van der Waals surface area contributed by atoms with Gasteiger partial charge in [0.05, 0.1) is 4.90 Å². The predicted octanol–water partition coefficient (Wildman–Crippen LogP) is 3.54. The van der Waals surface area contributed by atoms with Gasteiger partial charge in [0.1, 0.15) is 0 Å². The SMILES string of the molecule is CN(CC1CCCCC1)S(=O)(=O)c1ccc(Cl)cc1. The molecule has 0 saturated heterocycles. The molecule has 0 unspecified atom stereocenters. The number of nitrogens with zero attached hydrogens (tertiary/aromatic N) is 1. The second-order valence-corrected chi connectivity index (χ2v) is 7.72.